The topological polar surface area (TPSA) is 64.5 Å². The molecule has 0 unspecified atom stereocenters. The number of hydrogen-bond acceptors (Lipinski definition) is 5. The van der Waals surface area contributed by atoms with Crippen molar-refractivity contribution in [1.29, 1.82) is 0 Å². The second-order valence-electron chi connectivity index (χ2n) is 7.05. The predicted octanol–water partition coefficient (Wildman–Crippen LogP) is 2.79. The van der Waals surface area contributed by atoms with E-state index >= 15 is 0 Å². The molecule has 3 heterocycles. The van der Waals surface area contributed by atoms with E-state index in [2.05, 4.69) is 10.2 Å². The van der Waals surface area contributed by atoms with E-state index in [1.54, 1.807) is 6.20 Å². The Labute approximate surface area is 130 Å². The molecule has 0 radical (unpaired) electrons. The van der Waals surface area contributed by atoms with Crippen LogP contribution < -0.4 is 4.74 Å². The lowest BCUT2D eigenvalue weighted by molar-refractivity contribution is -0.00770. The van der Waals surface area contributed by atoms with Gasteiger partial charge in [-0.1, -0.05) is 0 Å². The lowest BCUT2D eigenvalue weighted by Crippen LogP contribution is -2.50. The first-order valence-electron chi connectivity index (χ1n) is 7.88. The van der Waals surface area contributed by atoms with Crippen LogP contribution in [0, 0.1) is 0 Å². The summed E-state index contributed by atoms with van der Waals surface area (Å²) in [6.07, 6.45) is 5.21. The van der Waals surface area contributed by atoms with Gasteiger partial charge in [-0.15, -0.1) is 5.10 Å². The van der Waals surface area contributed by atoms with Crippen molar-refractivity contribution in [3.63, 3.8) is 0 Å². The zero-order chi connectivity index (χ0) is 15.7. The van der Waals surface area contributed by atoms with E-state index < -0.39 is 5.60 Å². The minimum absolute atomic E-state index is 0.0906. The molecular formula is C16H23N3O3. The third kappa shape index (κ3) is 3.31. The van der Waals surface area contributed by atoms with Gasteiger partial charge in [0.15, 0.2) is 0 Å². The first-order chi connectivity index (χ1) is 10.4. The minimum atomic E-state index is -0.455. The van der Waals surface area contributed by atoms with Crippen LogP contribution in [-0.2, 0) is 4.74 Å². The number of amides is 1. The van der Waals surface area contributed by atoms with Gasteiger partial charge in [0.1, 0.15) is 11.7 Å². The van der Waals surface area contributed by atoms with Crippen molar-refractivity contribution in [3.05, 3.63) is 18.3 Å². The Bertz CT molecular complexity index is 515. The number of carbonyl (C=O) groups excluding carboxylic acids is 1. The molecule has 2 fully saturated rings. The van der Waals surface area contributed by atoms with E-state index in [1.807, 2.05) is 37.8 Å². The second kappa shape index (κ2) is 5.74. The number of piperidine rings is 1. The van der Waals surface area contributed by atoms with Crippen LogP contribution in [0.25, 0.3) is 0 Å². The van der Waals surface area contributed by atoms with Crippen LogP contribution in [0.1, 0.15) is 46.5 Å². The molecule has 22 heavy (non-hydrogen) atoms. The van der Waals surface area contributed by atoms with Crippen molar-refractivity contribution < 1.29 is 14.3 Å². The lowest BCUT2D eigenvalue weighted by atomic mass is 10.0. The van der Waals surface area contributed by atoms with E-state index in [0.29, 0.717) is 5.88 Å². The second-order valence-corrected chi connectivity index (χ2v) is 7.05. The molecule has 0 aromatic carbocycles. The average molecular weight is 305 g/mol. The van der Waals surface area contributed by atoms with Gasteiger partial charge in [-0.2, -0.15) is 5.10 Å². The molecule has 2 bridgehead atoms. The number of ether oxygens (including phenoxy) is 2. The van der Waals surface area contributed by atoms with Gasteiger partial charge in [0.2, 0.25) is 5.88 Å². The van der Waals surface area contributed by atoms with Crippen molar-refractivity contribution in [1.82, 2.24) is 15.1 Å². The van der Waals surface area contributed by atoms with Crippen LogP contribution in [0.2, 0.25) is 0 Å². The van der Waals surface area contributed by atoms with E-state index in [-0.39, 0.29) is 24.3 Å². The van der Waals surface area contributed by atoms with Gasteiger partial charge in [0.05, 0.1) is 0 Å². The number of hydrogen-bond donors (Lipinski definition) is 0. The van der Waals surface area contributed by atoms with Crippen LogP contribution in [0.5, 0.6) is 5.88 Å². The van der Waals surface area contributed by atoms with Crippen LogP contribution in [0.15, 0.2) is 18.3 Å². The fraction of sp³-hybridized carbons (Fsp3) is 0.688. The maximum atomic E-state index is 12.4. The molecule has 1 amide bonds. The number of rotatable bonds is 2. The summed E-state index contributed by atoms with van der Waals surface area (Å²) in [7, 11) is 0. The maximum Gasteiger partial charge on any atom is 0.410 e. The van der Waals surface area contributed by atoms with Crippen molar-refractivity contribution in [3.8, 4) is 5.88 Å². The van der Waals surface area contributed by atoms with Gasteiger partial charge < -0.3 is 14.4 Å². The fourth-order valence-corrected chi connectivity index (χ4v) is 3.36. The first kappa shape index (κ1) is 15.1. The highest BCUT2D eigenvalue weighted by atomic mass is 16.6. The van der Waals surface area contributed by atoms with Crippen LogP contribution in [-0.4, -0.2) is 45.0 Å². The molecule has 6 heteroatoms. The summed E-state index contributed by atoms with van der Waals surface area (Å²) in [6, 6.07) is 4.03. The number of aromatic nitrogens is 2. The van der Waals surface area contributed by atoms with Crippen molar-refractivity contribution in [2.45, 2.75) is 70.2 Å². The highest BCUT2D eigenvalue weighted by molar-refractivity contribution is 5.69. The summed E-state index contributed by atoms with van der Waals surface area (Å²) in [5.41, 5.74) is -0.455. The number of fused-ring (bicyclic) bond motifs is 2. The Morgan fingerprint density at radius 2 is 1.95 bits per heavy atom. The zero-order valence-corrected chi connectivity index (χ0v) is 13.4. The van der Waals surface area contributed by atoms with E-state index in [1.165, 1.54) is 0 Å². The average Bonchev–Trinajstić information content (AvgIpc) is 2.70. The molecular weight excluding hydrogens is 282 g/mol. The molecule has 3 atom stereocenters. The largest absolute Gasteiger partial charge is 0.473 e. The quantitative estimate of drug-likeness (QED) is 0.840. The molecule has 0 aliphatic carbocycles. The van der Waals surface area contributed by atoms with Crippen molar-refractivity contribution in [2.24, 2.45) is 0 Å². The van der Waals surface area contributed by atoms with Crippen LogP contribution in [0.4, 0.5) is 4.79 Å². The van der Waals surface area contributed by atoms with E-state index in [0.717, 1.165) is 25.7 Å². The molecule has 6 nitrogen and oxygen atoms in total. The molecule has 120 valence electrons. The lowest BCUT2D eigenvalue weighted by Gasteiger charge is -2.39. The molecule has 0 saturated carbocycles. The Morgan fingerprint density at radius 1 is 1.27 bits per heavy atom. The standard InChI is InChI=1S/C16H23N3O3/c1-16(2,3)22-15(20)19-11-6-7-12(19)10-13(9-11)21-14-5-4-8-17-18-14/h4-5,8,11-13H,6-7,9-10H2,1-3H3/t11-,12+,13+. The molecule has 3 rings (SSSR count). The molecule has 1 aromatic heterocycles. The summed E-state index contributed by atoms with van der Waals surface area (Å²) in [5.74, 6) is 0.553. The Morgan fingerprint density at radius 3 is 2.50 bits per heavy atom. The Kier molecular flexibility index (Phi) is 3.93. The van der Waals surface area contributed by atoms with Crippen molar-refractivity contribution >= 4 is 6.09 Å². The van der Waals surface area contributed by atoms with E-state index in [9.17, 15) is 4.79 Å². The number of nitrogens with zero attached hydrogens (tertiary/aromatic N) is 3. The Hall–Kier alpha value is -1.85. The summed E-state index contributed by atoms with van der Waals surface area (Å²) in [4.78, 5) is 14.3. The molecule has 0 spiro atoms. The molecule has 1 aromatic rings. The smallest absolute Gasteiger partial charge is 0.410 e. The molecule has 2 aliphatic heterocycles. The first-order valence-corrected chi connectivity index (χ1v) is 7.88. The number of carbonyl (C=O) groups is 1. The highest BCUT2D eigenvalue weighted by Crippen LogP contribution is 2.37. The maximum absolute atomic E-state index is 12.4. The SMILES string of the molecule is CC(C)(C)OC(=O)N1[C@@H]2CC[C@H]1C[C@@H](Oc1cccnn1)C2. The summed E-state index contributed by atoms with van der Waals surface area (Å²) < 4.78 is 11.4. The third-order valence-corrected chi connectivity index (χ3v) is 4.13. The summed E-state index contributed by atoms with van der Waals surface area (Å²) in [6.45, 7) is 5.70. The molecule has 2 saturated heterocycles. The molecule has 2 aliphatic rings. The summed E-state index contributed by atoms with van der Waals surface area (Å²) >= 11 is 0. The predicted molar refractivity (Wildman–Crippen MR) is 80.6 cm³/mol. The van der Waals surface area contributed by atoms with Gasteiger partial charge in [-0.3, -0.25) is 0 Å². The monoisotopic (exact) mass is 305 g/mol. The Balaban J connectivity index is 1.63. The minimum Gasteiger partial charge on any atom is -0.473 e. The van der Waals surface area contributed by atoms with Gasteiger partial charge in [0, 0.05) is 37.2 Å². The van der Waals surface area contributed by atoms with Gasteiger partial charge in [0.25, 0.3) is 0 Å². The van der Waals surface area contributed by atoms with Gasteiger partial charge in [-0.25, -0.2) is 4.79 Å². The third-order valence-electron chi connectivity index (χ3n) is 4.13. The molecule has 0 N–H and O–H groups in total. The van der Waals surface area contributed by atoms with Crippen molar-refractivity contribution in [2.75, 3.05) is 0 Å². The van der Waals surface area contributed by atoms with Crippen LogP contribution >= 0.6 is 0 Å². The van der Waals surface area contributed by atoms with Gasteiger partial charge in [-0.05, 0) is 39.7 Å². The summed E-state index contributed by atoms with van der Waals surface area (Å²) in [5, 5.41) is 7.80. The zero-order valence-electron chi connectivity index (χ0n) is 13.4. The normalized spacial score (nSPS) is 27.6. The fourth-order valence-electron chi connectivity index (χ4n) is 3.36. The highest BCUT2D eigenvalue weighted by Gasteiger charge is 2.45. The van der Waals surface area contributed by atoms with E-state index in [4.69, 9.17) is 9.47 Å². The van der Waals surface area contributed by atoms with Gasteiger partial charge >= 0.3 is 6.09 Å². The van der Waals surface area contributed by atoms with Crippen LogP contribution in [0.3, 0.4) is 0 Å².